The van der Waals surface area contributed by atoms with Gasteiger partial charge in [-0.05, 0) is 30.7 Å². The Labute approximate surface area is 114 Å². The fraction of sp³-hybridized carbons (Fsp3) is 0.167. The maximum atomic E-state index is 5.99. The minimum absolute atomic E-state index is 0.229. The topological polar surface area (TPSA) is 25.8 Å². The van der Waals surface area contributed by atoms with E-state index in [1.807, 2.05) is 18.2 Å². The van der Waals surface area contributed by atoms with Crippen LogP contribution >= 0.6 is 35.0 Å². The molecule has 0 N–H and O–H groups in total. The lowest BCUT2D eigenvalue weighted by Gasteiger charge is -2.10. The average Bonchev–Trinajstić information content (AvgIpc) is 2.34. The maximum absolute atomic E-state index is 5.99. The molecule has 1 aromatic carbocycles. The lowest BCUT2D eigenvalue weighted by Crippen LogP contribution is -1.91. The molecule has 0 saturated heterocycles. The van der Waals surface area contributed by atoms with Gasteiger partial charge in [0, 0.05) is 17.6 Å². The summed E-state index contributed by atoms with van der Waals surface area (Å²) in [6, 6.07) is 7.45. The van der Waals surface area contributed by atoms with Gasteiger partial charge in [0.05, 0.1) is 10.0 Å². The maximum Gasteiger partial charge on any atom is 0.188 e. The number of hydrogen-bond donors (Lipinski definition) is 0. The molecule has 0 aliphatic rings. The van der Waals surface area contributed by atoms with Crippen LogP contribution in [-0.2, 0) is 0 Å². The predicted octanol–water partition coefficient (Wildman–Crippen LogP) is 4.64. The van der Waals surface area contributed by atoms with Crippen LogP contribution in [0.2, 0.25) is 10.0 Å². The second kappa shape index (κ2) is 5.71. The Morgan fingerprint density at radius 2 is 1.82 bits per heavy atom. The summed E-state index contributed by atoms with van der Waals surface area (Å²) in [6.07, 6.45) is 3.47. The van der Waals surface area contributed by atoms with Gasteiger partial charge in [0.25, 0.3) is 0 Å². The van der Waals surface area contributed by atoms with Crippen LogP contribution in [0, 0.1) is 0 Å². The largest absolute Gasteiger partial charge is 0.231 e. The molecule has 17 heavy (non-hydrogen) atoms. The minimum atomic E-state index is 0.229. The lowest BCUT2D eigenvalue weighted by atomic mass is 10.2. The SMILES string of the molecule is CC(Sc1ncccn1)c1ccc(Cl)c(Cl)c1. The molecule has 0 bridgehead atoms. The first kappa shape index (κ1) is 12.7. The molecule has 0 spiro atoms. The zero-order valence-electron chi connectivity index (χ0n) is 9.10. The van der Waals surface area contributed by atoms with E-state index in [4.69, 9.17) is 23.2 Å². The van der Waals surface area contributed by atoms with E-state index < -0.39 is 0 Å². The molecule has 0 radical (unpaired) electrons. The molecule has 88 valence electrons. The smallest absolute Gasteiger partial charge is 0.188 e. The highest BCUT2D eigenvalue weighted by atomic mass is 35.5. The lowest BCUT2D eigenvalue weighted by molar-refractivity contribution is 0.952. The van der Waals surface area contributed by atoms with Gasteiger partial charge in [-0.2, -0.15) is 0 Å². The first-order valence-corrected chi connectivity index (χ1v) is 6.69. The van der Waals surface area contributed by atoms with E-state index in [-0.39, 0.29) is 5.25 Å². The highest BCUT2D eigenvalue weighted by molar-refractivity contribution is 7.99. The summed E-state index contributed by atoms with van der Waals surface area (Å²) in [6.45, 7) is 2.08. The van der Waals surface area contributed by atoms with E-state index in [1.54, 1.807) is 30.2 Å². The van der Waals surface area contributed by atoms with Crippen LogP contribution in [0.4, 0.5) is 0 Å². The number of thioether (sulfide) groups is 1. The number of aromatic nitrogens is 2. The zero-order chi connectivity index (χ0) is 12.3. The normalized spacial score (nSPS) is 12.4. The quantitative estimate of drug-likeness (QED) is 0.607. The monoisotopic (exact) mass is 284 g/mol. The molecule has 2 nitrogen and oxygen atoms in total. The Hall–Kier alpha value is -0.770. The third kappa shape index (κ3) is 3.35. The standard InChI is InChI=1S/C12H10Cl2N2S/c1-8(17-12-15-5-2-6-16-12)9-3-4-10(13)11(14)7-9/h2-8H,1H3. The number of nitrogens with zero attached hydrogens (tertiary/aromatic N) is 2. The summed E-state index contributed by atoms with van der Waals surface area (Å²) < 4.78 is 0. The molecular weight excluding hydrogens is 275 g/mol. The molecular formula is C12H10Cl2N2S. The molecule has 1 heterocycles. The van der Waals surface area contributed by atoms with Crippen LogP contribution in [0.15, 0.2) is 41.8 Å². The Balaban J connectivity index is 2.14. The minimum Gasteiger partial charge on any atom is -0.231 e. The summed E-state index contributed by atoms with van der Waals surface area (Å²) in [5, 5.41) is 2.13. The highest BCUT2D eigenvalue weighted by Crippen LogP contribution is 2.35. The van der Waals surface area contributed by atoms with Crippen molar-refractivity contribution in [1.82, 2.24) is 9.97 Å². The summed E-state index contributed by atoms with van der Waals surface area (Å²) in [5.74, 6) is 0. The van der Waals surface area contributed by atoms with Crippen molar-refractivity contribution in [2.24, 2.45) is 0 Å². The summed E-state index contributed by atoms with van der Waals surface area (Å²) in [7, 11) is 0. The van der Waals surface area contributed by atoms with Crippen molar-refractivity contribution in [3.8, 4) is 0 Å². The van der Waals surface area contributed by atoms with Gasteiger partial charge in [-0.3, -0.25) is 0 Å². The molecule has 0 saturated carbocycles. The Kier molecular flexibility index (Phi) is 4.26. The van der Waals surface area contributed by atoms with E-state index in [2.05, 4.69) is 16.9 Å². The van der Waals surface area contributed by atoms with Crippen molar-refractivity contribution < 1.29 is 0 Å². The molecule has 5 heteroatoms. The molecule has 0 amide bonds. The van der Waals surface area contributed by atoms with Crippen molar-refractivity contribution >= 4 is 35.0 Å². The summed E-state index contributed by atoms with van der Waals surface area (Å²) in [5.41, 5.74) is 1.11. The molecule has 2 aromatic rings. The number of rotatable bonds is 3. The number of benzene rings is 1. The third-order valence-electron chi connectivity index (χ3n) is 2.24. The number of halogens is 2. The van der Waals surface area contributed by atoms with Gasteiger partial charge in [0.2, 0.25) is 0 Å². The van der Waals surface area contributed by atoms with Crippen LogP contribution < -0.4 is 0 Å². The predicted molar refractivity (Wildman–Crippen MR) is 72.8 cm³/mol. The van der Waals surface area contributed by atoms with Crippen molar-refractivity contribution in [2.45, 2.75) is 17.3 Å². The second-order valence-corrected chi connectivity index (χ2v) is 5.59. The average molecular weight is 285 g/mol. The summed E-state index contributed by atoms with van der Waals surface area (Å²) in [4.78, 5) is 8.35. The van der Waals surface area contributed by atoms with Crippen LogP contribution in [-0.4, -0.2) is 9.97 Å². The van der Waals surface area contributed by atoms with Crippen LogP contribution in [0.25, 0.3) is 0 Å². The Morgan fingerprint density at radius 1 is 1.12 bits per heavy atom. The molecule has 2 rings (SSSR count). The third-order valence-corrected chi connectivity index (χ3v) is 4.02. The Morgan fingerprint density at radius 3 is 2.47 bits per heavy atom. The van der Waals surface area contributed by atoms with Crippen molar-refractivity contribution in [3.05, 3.63) is 52.3 Å². The van der Waals surface area contributed by atoms with Crippen molar-refractivity contribution in [3.63, 3.8) is 0 Å². The molecule has 0 aliphatic carbocycles. The van der Waals surface area contributed by atoms with Crippen LogP contribution in [0.1, 0.15) is 17.7 Å². The molecule has 1 unspecified atom stereocenters. The summed E-state index contributed by atoms with van der Waals surface area (Å²) >= 11 is 13.5. The van der Waals surface area contributed by atoms with Gasteiger partial charge in [-0.25, -0.2) is 9.97 Å². The Bertz CT molecular complexity index is 505. The molecule has 1 atom stereocenters. The van der Waals surface area contributed by atoms with E-state index in [0.29, 0.717) is 10.0 Å². The molecule has 1 aromatic heterocycles. The van der Waals surface area contributed by atoms with Crippen LogP contribution in [0.5, 0.6) is 0 Å². The van der Waals surface area contributed by atoms with Gasteiger partial charge < -0.3 is 0 Å². The van der Waals surface area contributed by atoms with E-state index in [9.17, 15) is 0 Å². The van der Waals surface area contributed by atoms with Gasteiger partial charge in [-0.15, -0.1) is 0 Å². The highest BCUT2D eigenvalue weighted by Gasteiger charge is 2.10. The van der Waals surface area contributed by atoms with E-state index in [1.165, 1.54) is 0 Å². The molecule has 0 fully saturated rings. The first-order chi connectivity index (χ1) is 8.16. The fourth-order valence-corrected chi connectivity index (χ4v) is 2.49. The number of hydrogen-bond acceptors (Lipinski definition) is 3. The van der Waals surface area contributed by atoms with Gasteiger partial charge >= 0.3 is 0 Å². The van der Waals surface area contributed by atoms with E-state index >= 15 is 0 Å². The second-order valence-electron chi connectivity index (χ2n) is 3.46. The van der Waals surface area contributed by atoms with Gasteiger partial charge in [0.15, 0.2) is 5.16 Å². The van der Waals surface area contributed by atoms with Gasteiger partial charge in [-0.1, -0.05) is 41.0 Å². The van der Waals surface area contributed by atoms with E-state index in [0.717, 1.165) is 10.7 Å². The van der Waals surface area contributed by atoms with Gasteiger partial charge in [0.1, 0.15) is 0 Å². The first-order valence-electron chi connectivity index (χ1n) is 5.05. The molecule has 0 aliphatic heterocycles. The van der Waals surface area contributed by atoms with Crippen molar-refractivity contribution in [2.75, 3.05) is 0 Å². The fourth-order valence-electron chi connectivity index (χ4n) is 1.34. The van der Waals surface area contributed by atoms with Crippen molar-refractivity contribution in [1.29, 1.82) is 0 Å². The zero-order valence-corrected chi connectivity index (χ0v) is 11.4. The van der Waals surface area contributed by atoms with Crippen LogP contribution in [0.3, 0.4) is 0 Å².